The topological polar surface area (TPSA) is 29.1 Å². The van der Waals surface area contributed by atoms with Crippen molar-refractivity contribution in [3.05, 3.63) is 116 Å². The van der Waals surface area contributed by atoms with Gasteiger partial charge >= 0.3 is 227 Å². The Balaban J connectivity index is 0.00000253. The fourth-order valence-corrected chi connectivity index (χ4v) is 27.0. The summed E-state index contributed by atoms with van der Waals surface area (Å²) >= 11 is -2.75. The van der Waals surface area contributed by atoms with Gasteiger partial charge in [-0.15, -0.1) is 0 Å². The number of halogens is 2. The van der Waals surface area contributed by atoms with Crippen LogP contribution in [0, 0.1) is 5.92 Å². The molecular weight excluding hydrogens is 605 g/mol. The van der Waals surface area contributed by atoms with E-state index in [1.165, 1.54) is 32.7 Å². The second-order valence-corrected chi connectivity index (χ2v) is 24.9. The molecule has 1 aliphatic carbocycles. The van der Waals surface area contributed by atoms with Gasteiger partial charge < -0.3 is 24.8 Å². The normalized spacial score (nSPS) is 15.2. The van der Waals surface area contributed by atoms with E-state index in [1.807, 2.05) is 12.1 Å². The quantitative estimate of drug-likeness (QED) is 0.379. The van der Waals surface area contributed by atoms with E-state index < -0.39 is 27.1 Å². The first-order valence-corrected chi connectivity index (χ1v) is 21.3. The molecule has 4 rings (SSSR count). The number of allylic oxidation sites excluding steroid dienone is 4. The van der Waals surface area contributed by atoms with Crippen LogP contribution in [0.1, 0.15) is 64.4 Å². The first-order valence-electron chi connectivity index (χ1n) is 12.9. The SMILES string of the molecule is CC1=C(C)C(C)[C]([Zr+2]([NH]C(=O)c2cccc(C(C)(C)C)c2)[SiH](c2ccccc2)c2ccccc2)=C1C.[Cl-].[Cl-]. The monoisotopic (exact) mass is 640 g/mol. The molecule has 0 bridgehead atoms. The Bertz CT molecular complexity index is 1280. The third kappa shape index (κ3) is 6.89. The van der Waals surface area contributed by atoms with Crippen LogP contribution in [0.15, 0.2) is 105 Å². The molecule has 0 saturated heterocycles. The van der Waals surface area contributed by atoms with Crippen LogP contribution in [0.3, 0.4) is 0 Å². The Kier molecular flexibility index (Phi) is 11.6. The zero-order valence-electron chi connectivity index (χ0n) is 23.4. The van der Waals surface area contributed by atoms with E-state index in [2.05, 4.69) is 125 Å². The maximum atomic E-state index is 14.0. The summed E-state index contributed by atoms with van der Waals surface area (Å²) in [6.07, 6.45) is 0. The van der Waals surface area contributed by atoms with Crippen LogP contribution in [0.25, 0.3) is 0 Å². The van der Waals surface area contributed by atoms with Gasteiger partial charge in [0.25, 0.3) is 0 Å². The fourth-order valence-electron chi connectivity index (χ4n) is 5.23. The summed E-state index contributed by atoms with van der Waals surface area (Å²) in [5.74, 6) is -1.21. The van der Waals surface area contributed by atoms with Crippen molar-refractivity contribution in [3.63, 3.8) is 0 Å². The van der Waals surface area contributed by atoms with Crippen LogP contribution >= 0.6 is 0 Å². The Morgan fingerprint density at radius 1 is 0.789 bits per heavy atom. The predicted octanol–water partition coefficient (Wildman–Crippen LogP) is 0.0534. The minimum atomic E-state index is -2.75. The second-order valence-electron chi connectivity index (χ2n) is 11.0. The van der Waals surface area contributed by atoms with E-state index in [9.17, 15) is 4.79 Å². The zero-order valence-corrected chi connectivity index (χ0v) is 28.5. The van der Waals surface area contributed by atoms with Crippen molar-refractivity contribution in [1.29, 1.82) is 0 Å². The molecule has 0 heterocycles. The summed E-state index contributed by atoms with van der Waals surface area (Å²) in [7, 11) is 0. The number of carbonyl (C=O) groups excluding carboxylic acids is 1. The van der Waals surface area contributed by atoms with Crippen molar-refractivity contribution >= 4 is 22.2 Å². The average molecular weight is 643 g/mol. The Morgan fingerprint density at radius 3 is 1.76 bits per heavy atom. The van der Waals surface area contributed by atoms with Crippen molar-refractivity contribution < 1.29 is 50.8 Å². The van der Waals surface area contributed by atoms with Gasteiger partial charge in [-0.25, -0.2) is 0 Å². The molecule has 1 unspecified atom stereocenters. The summed E-state index contributed by atoms with van der Waals surface area (Å²) in [6.45, 7) is 15.8. The van der Waals surface area contributed by atoms with Crippen LogP contribution in [-0.2, 0) is 26.6 Å². The summed E-state index contributed by atoms with van der Waals surface area (Å²) in [6, 6.07) is 30.2. The fraction of sp³-hybridized carbons (Fsp3) is 0.281. The third-order valence-electron chi connectivity index (χ3n) is 7.72. The summed E-state index contributed by atoms with van der Waals surface area (Å²) in [5.41, 5.74) is 6.26. The maximum absolute atomic E-state index is 14.0. The van der Waals surface area contributed by atoms with Gasteiger partial charge in [0.1, 0.15) is 0 Å². The molecule has 0 spiro atoms. The van der Waals surface area contributed by atoms with Gasteiger partial charge in [0.2, 0.25) is 0 Å². The predicted molar refractivity (Wildman–Crippen MR) is 152 cm³/mol. The van der Waals surface area contributed by atoms with E-state index in [0.717, 1.165) is 5.56 Å². The van der Waals surface area contributed by atoms with Crippen LogP contribution in [0.4, 0.5) is 0 Å². The third-order valence-corrected chi connectivity index (χ3v) is 26.9. The molecule has 0 aliphatic heterocycles. The standard InChI is InChI=1S/C12H11Si.C11H15NO.C9H13.2ClH.Zr/c1-3-7-11(8-4-1)13-12-9-5-2-6-10-12;1-11(2,3)9-6-4-5-8(7-9)10(12)13;1-6-5-7(2)9(4)8(6)3;;;/h1-10,13H;4-7H,1-3H3,(H2,12,13);6H,1-4H3;2*1H;/q;;;;;+3/p-3. The van der Waals surface area contributed by atoms with E-state index in [0.29, 0.717) is 5.92 Å². The Hall–Kier alpha value is -1.71. The number of rotatable bonds is 6. The van der Waals surface area contributed by atoms with Crippen LogP contribution in [-0.4, -0.2) is 11.8 Å². The Morgan fingerprint density at radius 2 is 1.32 bits per heavy atom. The molecule has 1 amide bonds. The van der Waals surface area contributed by atoms with Gasteiger partial charge in [-0.1, -0.05) is 0 Å². The molecular formula is C32H38Cl2NOSiZr. The summed E-state index contributed by atoms with van der Waals surface area (Å²) in [4.78, 5) is 14.0. The van der Waals surface area contributed by atoms with Crippen LogP contribution in [0.2, 0.25) is 0 Å². The molecule has 2 nitrogen and oxygen atoms in total. The molecule has 1 aliphatic rings. The van der Waals surface area contributed by atoms with Gasteiger partial charge in [-0.05, 0) is 0 Å². The number of benzene rings is 3. The molecule has 3 aromatic rings. The molecule has 38 heavy (non-hydrogen) atoms. The van der Waals surface area contributed by atoms with E-state index in [-0.39, 0.29) is 36.1 Å². The molecule has 3 aromatic carbocycles. The zero-order chi connectivity index (χ0) is 26.0. The molecule has 0 aromatic heterocycles. The van der Waals surface area contributed by atoms with Gasteiger partial charge in [-0.2, -0.15) is 0 Å². The van der Waals surface area contributed by atoms with Gasteiger partial charge in [0, 0.05) is 0 Å². The van der Waals surface area contributed by atoms with Crippen molar-refractivity contribution in [2.75, 3.05) is 0 Å². The smallest absolute Gasteiger partial charge is 1.00 e. The number of hydrogen-bond donors (Lipinski definition) is 1. The largest absolute Gasteiger partial charge is 1.00 e. The van der Waals surface area contributed by atoms with Crippen molar-refractivity contribution in [2.45, 2.75) is 53.9 Å². The van der Waals surface area contributed by atoms with Gasteiger partial charge in [-0.3, -0.25) is 0 Å². The van der Waals surface area contributed by atoms with Crippen molar-refractivity contribution in [1.82, 2.24) is 3.26 Å². The molecule has 6 heteroatoms. The van der Waals surface area contributed by atoms with Gasteiger partial charge in [0.15, 0.2) is 0 Å². The molecule has 0 fully saturated rings. The summed E-state index contributed by atoms with van der Waals surface area (Å²) in [5, 5.41) is 2.85. The van der Waals surface area contributed by atoms with Gasteiger partial charge in [0.05, 0.1) is 0 Å². The van der Waals surface area contributed by atoms with Crippen LogP contribution in [0.5, 0.6) is 0 Å². The molecule has 1 N–H and O–H groups in total. The molecule has 0 radical (unpaired) electrons. The second kappa shape index (κ2) is 13.6. The van der Waals surface area contributed by atoms with E-state index in [1.54, 1.807) is 3.28 Å². The minimum Gasteiger partial charge on any atom is -1.00 e. The number of amides is 1. The summed E-state index contributed by atoms with van der Waals surface area (Å²) < 4.78 is 5.35. The van der Waals surface area contributed by atoms with Crippen molar-refractivity contribution in [2.24, 2.45) is 5.92 Å². The number of nitrogens with one attached hydrogen (secondary N) is 1. The minimum absolute atomic E-state index is 0. The van der Waals surface area contributed by atoms with Crippen LogP contribution < -0.4 is 38.4 Å². The first-order chi connectivity index (χ1) is 17.1. The van der Waals surface area contributed by atoms with E-state index >= 15 is 0 Å². The maximum Gasteiger partial charge on any atom is -1.00 e. The van der Waals surface area contributed by atoms with Crippen molar-refractivity contribution in [3.8, 4) is 0 Å². The molecule has 199 valence electrons. The average Bonchev–Trinajstić information content (AvgIpc) is 3.06. The number of carbonyl (C=O) groups is 1. The first kappa shape index (κ1) is 32.5. The molecule has 0 saturated carbocycles. The number of hydrogen-bond acceptors (Lipinski definition) is 1. The molecule has 1 atom stereocenters. The Labute approximate surface area is 250 Å². The van der Waals surface area contributed by atoms with E-state index in [4.69, 9.17) is 0 Å².